The molecule has 2 N–H and O–H groups in total. The van der Waals surface area contributed by atoms with Gasteiger partial charge in [-0.15, -0.1) is 0 Å². The van der Waals surface area contributed by atoms with E-state index in [9.17, 15) is 0 Å². The summed E-state index contributed by atoms with van der Waals surface area (Å²) in [6.45, 7) is 4.13. The van der Waals surface area contributed by atoms with E-state index in [2.05, 4.69) is 74.5 Å². The predicted octanol–water partition coefficient (Wildman–Crippen LogP) is 4.81. The molecule has 0 amide bonds. The number of aromatic amines is 1. The maximum atomic E-state index is 4.41. The van der Waals surface area contributed by atoms with E-state index in [-0.39, 0.29) is 6.04 Å². The molecule has 3 rings (SSSR count). The number of benzene rings is 2. The quantitative estimate of drug-likeness (QED) is 0.724. The number of halogens is 1. The lowest BCUT2D eigenvalue weighted by Crippen LogP contribution is -2.06. The Hall–Kier alpha value is -1.81. The van der Waals surface area contributed by atoms with Gasteiger partial charge in [0.2, 0.25) is 0 Å². The summed E-state index contributed by atoms with van der Waals surface area (Å²) < 4.78 is 1.10. The highest BCUT2D eigenvalue weighted by atomic mass is 79.9. The lowest BCUT2D eigenvalue weighted by Gasteiger charge is -2.15. The van der Waals surface area contributed by atoms with E-state index in [1.54, 1.807) is 0 Å². The minimum Gasteiger partial charge on any atom is -0.378 e. The zero-order valence-corrected chi connectivity index (χ0v) is 13.0. The van der Waals surface area contributed by atoms with E-state index in [0.29, 0.717) is 0 Å². The summed E-state index contributed by atoms with van der Waals surface area (Å²) in [5.41, 5.74) is 4.42. The lowest BCUT2D eigenvalue weighted by atomic mass is 10.1. The Morgan fingerprint density at radius 3 is 2.65 bits per heavy atom. The first-order valence-electron chi connectivity index (χ1n) is 6.60. The fourth-order valence-electron chi connectivity index (χ4n) is 2.31. The van der Waals surface area contributed by atoms with Gasteiger partial charge < -0.3 is 10.3 Å². The lowest BCUT2D eigenvalue weighted by molar-refractivity contribution is 0.885. The molecule has 0 aliphatic heterocycles. The fourth-order valence-corrected chi connectivity index (χ4v) is 2.58. The van der Waals surface area contributed by atoms with Crippen LogP contribution in [-0.2, 0) is 0 Å². The minimum atomic E-state index is 0.254. The Labute approximate surface area is 126 Å². The molecule has 0 aliphatic carbocycles. The molecule has 0 saturated carbocycles. The molecule has 1 atom stereocenters. The summed E-state index contributed by atoms with van der Waals surface area (Å²) in [6, 6.07) is 14.8. The molecule has 1 aromatic heterocycles. The average molecular weight is 330 g/mol. The topological polar surface area (TPSA) is 40.7 Å². The van der Waals surface area contributed by atoms with Gasteiger partial charge in [-0.3, -0.25) is 0 Å². The van der Waals surface area contributed by atoms with Crippen molar-refractivity contribution in [2.45, 2.75) is 19.9 Å². The molecule has 20 heavy (non-hydrogen) atoms. The van der Waals surface area contributed by atoms with Crippen molar-refractivity contribution >= 4 is 32.7 Å². The van der Waals surface area contributed by atoms with E-state index in [1.165, 1.54) is 5.56 Å². The van der Waals surface area contributed by atoms with Crippen molar-refractivity contribution in [1.82, 2.24) is 9.97 Å². The van der Waals surface area contributed by atoms with Crippen molar-refractivity contribution in [3.63, 3.8) is 0 Å². The van der Waals surface area contributed by atoms with Crippen molar-refractivity contribution in [2.75, 3.05) is 5.32 Å². The number of rotatable bonds is 3. The largest absolute Gasteiger partial charge is 0.378 e. The van der Waals surface area contributed by atoms with Crippen LogP contribution in [0.1, 0.15) is 24.4 Å². The molecule has 0 radical (unpaired) electrons. The van der Waals surface area contributed by atoms with Crippen molar-refractivity contribution in [3.05, 3.63) is 58.3 Å². The molecule has 0 aliphatic rings. The zero-order chi connectivity index (χ0) is 14.1. The number of aromatic nitrogens is 2. The molecule has 3 aromatic rings. The van der Waals surface area contributed by atoms with Crippen LogP contribution in [0.25, 0.3) is 11.0 Å². The van der Waals surface area contributed by atoms with Crippen molar-refractivity contribution < 1.29 is 0 Å². The standard InChI is InChI=1S/C16H16BrN3/c1-10(12-3-5-13(17)6-4-12)18-14-7-8-15-16(9-14)20-11(2)19-15/h3-10,18H,1-2H3,(H,19,20). The first-order valence-corrected chi connectivity index (χ1v) is 7.39. The fraction of sp³-hybridized carbons (Fsp3) is 0.188. The van der Waals surface area contributed by atoms with Crippen LogP contribution in [-0.4, -0.2) is 9.97 Å². The maximum absolute atomic E-state index is 4.41. The Balaban J connectivity index is 1.82. The van der Waals surface area contributed by atoms with Gasteiger partial charge in [-0.1, -0.05) is 28.1 Å². The van der Waals surface area contributed by atoms with Crippen LogP contribution < -0.4 is 5.32 Å². The molecule has 102 valence electrons. The SMILES string of the molecule is Cc1nc2ccc(NC(C)c3ccc(Br)cc3)cc2[nH]1. The molecule has 0 bridgehead atoms. The van der Waals surface area contributed by atoms with Gasteiger partial charge in [-0.25, -0.2) is 4.98 Å². The van der Waals surface area contributed by atoms with Crippen LogP contribution >= 0.6 is 15.9 Å². The van der Waals surface area contributed by atoms with Gasteiger partial charge in [0.1, 0.15) is 5.82 Å². The third-order valence-electron chi connectivity index (χ3n) is 3.35. The van der Waals surface area contributed by atoms with Crippen molar-refractivity contribution in [2.24, 2.45) is 0 Å². The second-order valence-electron chi connectivity index (χ2n) is 4.97. The smallest absolute Gasteiger partial charge is 0.104 e. The van der Waals surface area contributed by atoms with E-state index in [1.807, 2.05) is 13.0 Å². The summed E-state index contributed by atoms with van der Waals surface area (Å²) >= 11 is 3.46. The summed E-state index contributed by atoms with van der Waals surface area (Å²) in [5, 5.41) is 3.52. The van der Waals surface area contributed by atoms with Crippen LogP contribution in [0.4, 0.5) is 5.69 Å². The average Bonchev–Trinajstić information content (AvgIpc) is 2.78. The first-order chi connectivity index (χ1) is 9.61. The highest BCUT2D eigenvalue weighted by Crippen LogP contribution is 2.23. The number of fused-ring (bicyclic) bond motifs is 1. The monoisotopic (exact) mass is 329 g/mol. The van der Waals surface area contributed by atoms with E-state index >= 15 is 0 Å². The second-order valence-corrected chi connectivity index (χ2v) is 5.89. The van der Waals surface area contributed by atoms with Crippen LogP contribution in [0.3, 0.4) is 0 Å². The Bertz CT molecular complexity index is 731. The molecular weight excluding hydrogens is 314 g/mol. The maximum Gasteiger partial charge on any atom is 0.104 e. The Kier molecular flexibility index (Phi) is 3.49. The molecule has 3 nitrogen and oxygen atoms in total. The van der Waals surface area contributed by atoms with Gasteiger partial charge in [-0.05, 0) is 49.7 Å². The van der Waals surface area contributed by atoms with Gasteiger partial charge in [0.15, 0.2) is 0 Å². The molecule has 0 saturated heterocycles. The van der Waals surface area contributed by atoms with Gasteiger partial charge in [0, 0.05) is 16.2 Å². The predicted molar refractivity (Wildman–Crippen MR) is 87.0 cm³/mol. The van der Waals surface area contributed by atoms with E-state index in [4.69, 9.17) is 0 Å². The summed E-state index contributed by atoms with van der Waals surface area (Å²) in [7, 11) is 0. The van der Waals surface area contributed by atoms with Gasteiger partial charge in [0.05, 0.1) is 11.0 Å². The number of H-pyrrole nitrogens is 1. The normalized spacial score (nSPS) is 12.6. The third-order valence-corrected chi connectivity index (χ3v) is 3.88. The Morgan fingerprint density at radius 2 is 1.90 bits per heavy atom. The number of nitrogens with zero attached hydrogens (tertiary/aromatic N) is 1. The first kappa shape index (κ1) is 13.2. The Morgan fingerprint density at radius 1 is 1.15 bits per heavy atom. The highest BCUT2D eigenvalue weighted by Gasteiger charge is 2.06. The third kappa shape index (κ3) is 2.70. The van der Waals surface area contributed by atoms with Crippen LogP contribution in [0, 0.1) is 6.92 Å². The summed E-state index contributed by atoms with van der Waals surface area (Å²) in [5.74, 6) is 0.943. The number of hydrogen-bond donors (Lipinski definition) is 2. The van der Waals surface area contributed by atoms with E-state index < -0.39 is 0 Å². The molecule has 1 heterocycles. The summed E-state index contributed by atoms with van der Waals surface area (Å²) in [4.78, 5) is 7.67. The molecule has 0 spiro atoms. The van der Waals surface area contributed by atoms with Gasteiger partial charge in [-0.2, -0.15) is 0 Å². The molecule has 0 fully saturated rings. The van der Waals surface area contributed by atoms with Gasteiger partial charge in [0.25, 0.3) is 0 Å². The molecule has 4 heteroatoms. The number of nitrogens with one attached hydrogen (secondary N) is 2. The zero-order valence-electron chi connectivity index (χ0n) is 11.4. The van der Waals surface area contributed by atoms with Gasteiger partial charge >= 0.3 is 0 Å². The van der Waals surface area contributed by atoms with Crippen molar-refractivity contribution in [3.8, 4) is 0 Å². The molecule has 2 aromatic carbocycles. The van der Waals surface area contributed by atoms with Crippen molar-refractivity contribution in [1.29, 1.82) is 0 Å². The molecule has 1 unspecified atom stereocenters. The number of hydrogen-bond acceptors (Lipinski definition) is 2. The molecular formula is C16H16BrN3. The van der Waals surface area contributed by atoms with Crippen LogP contribution in [0.15, 0.2) is 46.9 Å². The summed E-state index contributed by atoms with van der Waals surface area (Å²) in [6.07, 6.45) is 0. The number of anilines is 1. The number of imidazole rings is 1. The minimum absolute atomic E-state index is 0.254. The second kappa shape index (κ2) is 5.29. The number of aryl methyl sites for hydroxylation is 1. The van der Waals surface area contributed by atoms with Crippen LogP contribution in [0.5, 0.6) is 0 Å². The van der Waals surface area contributed by atoms with E-state index in [0.717, 1.165) is 27.0 Å². The van der Waals surface area contributed by atoms with Crippen LogP contribution in [0.2, 0.25) is 0 Å². The highest BCUT2D eigenvalue weighted by molar-refractivity contribution is 9.10.